The van der Waals surface area contributed by atoms with Crippen molar-refractivity contribution >= 4 is 70.2 Å². The molecular weight excluding hydrogens is 589 g/mol. The van der Waals surface area contributed by atoms with Crippen LogP contribution in [0.3, 0.4) is 0 Å². The Kier molecular flexibility index (Phi) is 5.54. The zero-order valence-corrected chi connectivity index (χ0v) is 26.9. The summed E-state index contributed by atoms with van der Waals surface area (Å²) in [4.78, 5) is 0. The van der Waals surface area contributed by atoms with E-state index in [2.05, 4.69) is 170 Å². The SMILES string of the molecule is C1=C(c2ccc(-c3c4ccccc4c(-c4ccc5ccc6cccc7ccc4c5c67)c4ccccc34)c3ccccc23)c2ccccc2C1. The molecular formula is C49H30. The van der Waals surface area contributed by atoms with E-state index in [0.717, 1.165) is 6.42 Å². The quantitative estimate of drug-likeness (QED) is 0.136. The van der Waals surface area contributed by atoms with Gasteiger partial charge in [-0.05, 0) is 116 Å². The number of fused-ring (bicyclic) bond motifs is 4. The summed E-state index contributed by atoms with van der Waals surface area (Å²) in [5.74, 6) is 0. The zero-order valence-electron chi connectivity index (χ0n) is 26.9. The monoisotopic (exact) mass is 618 g/mol. The van der Waals surface area contributed by atoms with Gasteiger partial charge in [0, 0.05) is 0 Å². The topological polar surface area (TPSA) is 0 Å². The average molecular weight is 619 g/mol. The fourth-order valence-corrected chi connectivity index (χ4v) is 8.95. The van der Waals surface area contributed by atoms with Crippen molar-refractivity contribution in [2.24, 2.45) is 0 Å². The van der Waals surface area contributed by atoms with E-state index in [-0.39, 0.29) is 0 Å². The summed E-state index contributed by atoms with van der Waals surface area (Å²) in [7, 11) is 0. The summed E-state index contributed by atoms with van der Waals surface area (Å²) in [6.45, 7) is 0. The minimum absolute atomic E-state index is 0.987. The Balaban J connectivity index is 1.23. The molecule has 0 fully saturated rings. The lowest BCUT2D eigenvalue weighted by atomic mass is 9.82. The van der Waals surface area contributed by atoms with Gasteiger partial charge in [0.15, 0.2) is 0 Å². The predicted molar refractivity (Wildman–Crippen MR) is 211 cm³/mol. The number of hydrogen-bond donors (Lipinski definition) is 0. The first kappa shape index (κ1) is 26.8. The van der Waals surface area contributed by atoms with E-state index in [0.29, 0.717) is 0 Å². The van der Waals surface area contributed by atoms with E-state index in [1.807, 2.05) is 0 Å². The van der Waals surface area contributed by atoms with Gasteiger partial charge in [-0.3, -0.25) is 0 Å². The highest BCUT2D eigenvalue weighted by atomic mass is 14.3. The highest BCUT2D eigenvalue weighted by Crippen LogP contribution is 2.49. The standard InChI is InChI=1S/C49H30/c1-2-13-34-30(10-1)22-25-37(34)38-28-29-43(36-15-4-3-14-35(36)38)48-39-16-5-7-18-41(39)49(42-19-8-6-17-40(42)48)45-27-24-33-21-20-31-11-9-12-32-23-26-44(45)47(33)46(31)32/h1-21,23-29H,22H2. The third kappa shape index (κ3) is 3.75. The highest BCUT2D eigenvalue weighted by Gasteiger charge is 2.22. The predicted octanol–water partition coefficient (Wildman–Crippen LogP) is 13.4. The van der Waals surface area contributed by atoms with Crippen LogP contribution in [0.15, 0.2) is 170 Å². The van der Waals surface area contributed by atoms with Crippen LogP contribution in [0, 0.1) is 0 Å². The summed E-state index contributed by atoms with van der Waals surface area (Å²) < 4.78 is 0. The normalized spacial score (nSPS) is 12.9. The van der Waals surface area contributed by atoms with Crippen LogP contribution in [-0.4, -0.2) is 0 Å². The number of hydrogen-bond acceptors (Lipinski definition) is 0. The molecule has 1 aliphatic rings. The first-order chi connectivity index (χ1) is 24.3. The van der Waals surface area contributed by atoms with Crippen LogP contribution in [-0.2, 0) is 6.42 Å². The second-order valence-electron chi connectivity index (χ2n) is 13.5. The molecule has 0 aromatic heterocycles. The molecule has 0 amide bonds. The molecule has 10 aromatic carbocycles. The fraction of sp³-hybridized carbons (Fsp3) is 0.0204. The lowest BCUT2D eigenvalue weighted by Gasteiger charge is -2.21. The van der Waals surface area contributed by atoms with Gasteiger partial charge in [-0.25, -0.2) is 0 Å². The van der Waals surface area contributed by atoms with Crippen molar-refractivity contribution in [1.82, 2.24) is 0 Å². The van der Waals surface area contributed by atoms with Crippen molar-refractivity contribution in [3.05, 3.63) is 187 Å². The molecule has 49 heavy (non-hydrogen) atoms. The summed E-state index contributed by atoms with van der Waals surface area (Å²) >= 11 is 0. The number of benzene rings is 10. The van der Waals surface area contributed by atoms with Gasteiger partial charge in [-0.15, -0.1) is 0 Å². The molecule has 11 rings (SSSR count). The molecule has 0 spiro atoms. The molecule has 226 valence electrons. The Bertz CT molecular complexity index is 2940. The smallest absolute Gasteiger partial charge is 0.00201 e. The summed E-state index contributed by atoms with van der Waals surface area (Å²) in [5, 5.41) is 15.6. The summed E-state index contributed by atoms with van der Waals surface area (Å²) in [5.41, 5.74) is 10.6. The largest absolute Gasteiger partial charge is 0.0716 e. The van der Waals surface area contributed by atoms with Crippen LogP contribution in [0.1, 0.15) is 16.7 Å². The summed E-state index contributed by atoms with van der Waals surface area (Å²) in [6, 6.07) is 61.2. The maximum atomic E-state index is 2.41. The first-order valence-corrected chi connectivity index (χ1v) is 17.2. The van der Waals surface area contributed by atoms with Crippen molar-refractivity contribution in [3.63, 3.8) is 0 Å². The summed E-state index contributed by atoms with van der Waals surface area (Å²) in [6.07, 6.45) is 3.39. The molecule has 1 aliphatic carbocycles. The Morgan fingerprint density at radius 2 is 0.755 bits per heavy atom. The van der Waals surface area contributed by atoms with Gasteiger partial charge in [-0.1, -0.05) is 170 Å². The maximum Gasteiger partial charge on any atom is -0.00201 e. The van der Waals surface area contributed by atoms with Gasteiger partial charge in [0.25, 0.3) is 0 Å². The molecule has 0 aliphatic heterocycles. The second-order valence-corrected chi connectivity index (χ2v) is 13.5. The maximum absolute atomic E-state index is 2.41. The van der Waals surface area contributed by atoms with Crippen LogP contribution in [0.2, 0.25) is 0 Å². The molecule has 0 bridgehead atoms. The van der Waals surface area contributed by atoms with Crippen LogP contribution in [0.5, 0.6) is 0 Å². The van der Waals surface area contributed by atoms with Crippen LogP contribution >= 0.6 is 0 Å². The molecule has 0 atom stereocenters. The lowest BCUT2D eigenvalue weighted by Crippen LogP contribution is -1.94. The van der Waals surface area contributed by atoms with Gasteiger partial charge in [0.05, 0.1) is 0 Å². The van der Waals surface area contributed by atoms with Crippen molar-refractivity contribution in [2.75, 3.05) is 0 Å². The fourth-order valence-electron chi connectivity index (χ4n) is 8.95. The van der Waals surface area contributed by atoms with Crippen molar-refractivity contribution in [1.29, 1.82) is 0 Å². The van der Waals surface area contributed by atoms with Gasteiger partial charge < -0.3 is 0 Å². The third-order valence-corrected chi connectivity index (χ3v) is 11.0. The Hall–Kier alpha value is -6.24. The van der Waals surface area contributed by atoms with Crippen molar-refractivity contribution < 1.29 is 0 Å². The molecule has 0 saturated carbocycles. The van der Waals surface area contributed by atoms with Gasteiger partial charge in [-0.2, -0.15) is 0 Å². The highest BCUT2D eigenvalue weighted by molar-refractivity contribution is 6.30. The molecule has 0 saturated heterocycles. The molecule has 0 heteroatoms. The second kappa shape index (κ2) is 10.1. The minimum atomic E-state index is 0.987. The average Bonchev–Trinajstić information content (AvgIpc) is 3.60. The lowest BCUT2D eigenvalue weighted by molar-refractivity contribution is 1.31. The van der Waals surface area contributed by atoms with Gasteiger partial charge >= 0.3 is 0 Å². The van der Waals surface area contributed by atoms with E-state index in [1.54, 1.807) is 0 Å². The minimum Gasteiger partial charge on any atom is -0.0716 e. The Labute approximate surface area is 284 Å². The number of rotatable bonds is 3. The first-order valence-electron chi connectivity index (χ1n) is 17.2. The van der Waals surface area contributed by atoms with E-state index in [1.165, 1.54) is 109 Å². The van der Waals surface area contributed by atoms with E-state index in [9.17, 15) is 0 Å². The molecule has 0 N–H and O–H groups in total. The van der Waals surface area contributed by atoms with E-state index in [4.69, 9.17) is 0 Å². The Morgan fingerprint density at radius 3 is 1.43 bits per heavy atom. The van der Waals surface area contributed by atoms with Gasteiger partial charge in [0.2, 0.25) is 0 Å². The van der Waals surface area contributed by atoms with Gasteiger partial charge in [0.1, 0.15) is 0 Å². The van der Waals surface area contributed by atoms with E-state index < -0.39 is 0 Å². The Morgan fingerprint density at radius 1 is 0.286 bits per heavy atom. The zero-order chi connectivity index (χ0) is 32.1. The molecule has 10 aromatic rings. The third-order valence-electron chi connectivity index (χ3n) is 11.0. The molecule has 0 nitrogen and oxygen atoms in total. The number of allylic oxidation sites excluding steroid dienone is 1. The van der Waals surface area contributed by atoms with Crippen molar-refractivity contribution in [3.8, 4) is 22.3 Å². The molecule has 0 heterocycles. The van der Waals surface area contributed by atoms with Crippen LogP contribution in [0.4, 0.5) is 0 Å². The molecule has 0 radical (unpaired) electrons. The van der Waals surface area contributed by atoms with Crippen molar-refractivity contribution in [2.45, 2.75) is 6.42 Å². The molecule has 0 unspecified atom stereocenters. The van der Waals surface area contributed by atoms with E-state index >= 15 is 0 Å². The van der Waals surface area contributed by atoms with Crippen LogP contribution < -0.4 is 0 Å². The van der Waals surface area contributed by atoms with Crippen LogP contribution in [0.25, 0.3) is 92.5 Å².